The summed E-state index contributed by atoms with van der Waals surface area (Å²) in [6, 6.07) is 4.48. The molecule has 0 unspecified atom stereocenters. The van der Waals surface area contributed by atoms with E-state index in [2.05, 4.69) is 0 Å². The van der Waals surface area contributed by atoms with Crippen molar-refractivity contribution in [2.75, 3.05) is 7.11 Å². The highest BCUT2D eigenvalue weighted by atomic mass is 19.1. The first-order valence-electron chi connectivity index (χ1n) is 4.85. The SMILES string of the molecule is COc1cc(C=CCCC(=O)O)ccc1F. The normalized spacial score (nSPS) is 10.6. The van der Waals surface area contributed by atoms with Crippen LogP contribution in [0.2, 0.25) is 0 Å². The predicted octanol–water partition coefficient (Wildman–Crippen LogP) is 2.71. The van der Waals surface area contributed by atoms with Gasteiger partial charge in [-0.1, -0.05) is 18.2 Å². The Balaban J connectivity index is 2.63. The van der Waals surface area contributed by atoms with Crippen LogP contribution in [0.3, 0.4) is 0 Å². The molecule has 0 fully saturated rings. The molecule has 1 N–H and O–H groups in total. The molecule has 0 bridgehead atoms. The zero-order valence-electron chi connectivity index (χ0n) is 8.94. The van der Waals surface area contributed by atoms with Crippen LogP contribution in [0.1, 0.15) is 18.4 Å². The number of allylic oxidation sites excluding steroid dienone is 1. The number of rotatable bonds is 5. The molecule has 1 aromatic carbocycles. The molecule has 0 aliphatic carbocycles. The molecule has 4 heteroatoms. The highest BCUT2D eigenvalue weighted by molar-refractivity contribution is 5.67. The lowest BCUT2D eigenvalue weighted by atomic mass is 10.1. The first kappa shape index (κ1) is 12.2. The Morgan fingerprint density at radius 1 is 1.56 bits per heavy atom. The molecule has 3 nitrogen and oxygen atoms in total. The Kier molecular flexibility index (Phi) is 4.51. The molecule has 0 aliphatic heterocycles. The summed E-state index contributed by atoms with van der Waals surface area (Å²) in [7, 11) is 1.40. The zero-order valence-corrected chi connectivity index (χ0v) is 8.94. The summed E-state index contributed by atoms with van der Waals surface area (Å²) in [5, 5.41) is 8.43. The Bertz CT molecular complexity index is 399. The lowest BCUT2D eigenvalue weighted by Crippen LogP contribution is -1.91. The van der Waals surface area contributed by atoms with Crippen molar-refractivity contribution in [1.82, 2.24) is 0 Å². The lowest BCUT2D eigenvalue weighted by molar-refractivity contribution is -0.136. The number of halogens is 1. The number of benzene rings is 1. The molecule has 0 amide bonds. The highest BCUT2D eigenvalue weighted by Crippen LogP contribution is 2.19. The summed E-state index contributed by atoms with van der Waals surface area (Å²) >= 11 is 0. The predicted molar refractivity (Wildman–Crippen MR) is 58.9 cm³/mol. The van der Waals surface area contributed by atoms with Gasteiger partial charge in [-0.2, -0.15) is 0 Å². The van der Waals surface area contributed by atoms with Crippen LogP contribution in [0, 0.1) is 5.82 Å². The number of methoxy groups -OCH3 is 1. The molecule has 16 heavy (non-hydrogen) atoms. The number of hydrogen-bond acceptors (Lipinski definition) is 2. The van der Waals surface area contributed by atoms with E-state index in [0.29, 0.717) is 6.42 Å². The van der Waals surface area contributed by atoms with Gasteiger partial charge in [-0.05, 0) is 24.1 Å². The topological polar surface area (TPSA) is 46.5 Å². The summed E-state index contributed by atoms with van der Waals surface area (Å²) in [6.45, 7) is 0. The second-order valence-corrected chi connectivity index (χ2v) is 3.23. The Labute approximate surface area is 93.2 Å². The summed E-state index contributed by atoms with van der Waals surface area (Å²) < 4.78 is 17.9. The molecule has 0 spiro atoms. The monoisotopic (exact) mass is 224 g/mol. The molecule has 0 aliphatic rings. The number of carboxylic acid groups (broad SMARTS) is 1. The van der Waals surface area contributed by atoms with Gasteiger partial charge in [0.05, 0.1) is 7.11 Å². The lowest BCUT2D eigenvalue weighted by Gasteiger charge is -2.02. The molecular weight excluding hydrogens is 211 g/mol. The maximum atomic E-state index is 13.0. The number of carbonyl (C=O) groups is 1. The minimum atomic E-state index is -0.832. The van der Waals surface area contributed by atoms with Gasteiger partial charge in [0.1, 0.15) is 0 Å². The fourth-order valence-electron chi connectivity index (χ4n) is 1.21. The third-order valence-corrected chi connectivity index (χ3v) is 2.01. The smallest absolute Gasteiger partial charge is 0.303 e. The minimum absolute atomic E-state index is 0.0921. The van der Waals surface area contributed by atoms with E-state index >= 15 is 0 Å². The van der Waals surface area contributed by atoms with Crippen LogP contribution in [0.4, 0.5) is 4.39 Å². The van der Waals surface area contributed by atoms with E-state index in [1.807, 2.05) is 0 Å². The fraction of sp³-hybridized carbons (Fsp3) is 0.250. The molecule has 0 heterocycles. The van der Waals surface area contributed by atoms with E-state index in [1.165, 1.54) is 13.2 Å². The second-order valence-electron chi connectivity index (χ2n) is 3.23. The van der Waals surface area contributed by atoms with Gasteiger partial charge < -0.3 is 9.84 Å². The van der Waals surface area contributed by atoms with Crippen LogP contribution in [0.15, 0.2) is 24.3 Å². The average Bonchev–Trinajstić information content (AvgIpc) is 2.26. The van der Waals surface area contributed by atoms with Gasteiger partial charge >= 0.3 is 5.97 Å². The van der Waals surface area contributed by atoms with Crippen molar-refractivity contribution in [2.24, 2.45) is 0 Å². The molecule has 0 saturated heterocycles. The van der Waals surface area contributed by atoms with E-state index in [1.54, 1.807) is 24.3 Å². The summed E-state index contributed by atoms with van der Waals surface area (Å²) in [4.78, 5) is 10.3. The number of carboxylic acids is 1. The van der Waals surface area contributed by atoms with Crippen molar-refractivity contribution < 1.29 is 19.0 Å². The van der Waals surface area contributed by atoms with Gasteiger partial charge in [0.25, 0.3) is 0 Å². The van der Waals surface area contributed by atoms with Crippen LogP contribution in [-0.2, 0) is 4.79 Å². The Hall–Kier alpha value is -1.84. The molecular formula is C12H13FO3. The fourth-order valence-corrected chi connectivity index (χ4v) is 1.21. The van der Waals surface area contributed by atoms with Crippen LogP contribution < -0.4 is 4.74 Å². The van der Waals surface area contributed by atoms with Gasteiger partial charge in [-0.25, -0.2) is 4.39 Å². The van der Waals surface area contributed by atoms with Gasteiger partial charge in [0.2, 0.25) is 0 Å². The van der Waals surface area contributed by atoms with Crippen molar-refractivity contribution in [3.63, 3.8) is 0 Å². The van der Waals surface area contributed by atoms with Crippen molar-refractivity contribution >= 4 is 12.0 Å². The van der Waals surface area contributed by atoms with Crippen LogP contribution in [-0.4, -0.2) is 18.2 Å². The van der Waals surface area contributed by atoms with Crippen molar-refractivity contribution in [2.45, 2.75) is 12.8 Å². The quantitative estimate of drug-likeness (QED) is 0.836. The highest BCUT2D eigenvalue weighted by Gasteiger charge is 2.01. The zero-order chi connectivity index (χ0) is 12.0. The first-order chi connectivity index (χ1) is 7.63. The van der Waals surface area contributed by atoms with E-state index in [-0.39, 0.29) is 12.2 Å². The number of aliphatic carboxylic acids is 1. The third-order valence-electron chi connectivity index (χ3n) is 2.01. The van der Waals surface area contributed by atoms with Crippen LogP contribution in [0.5, 0.6) is 5.75 Å². The van der Waals surface area contributed by atoms with E-state index in [0.717, 1.165) is 5.56 Å². The largest absolute Gasteiger partial charge is 0.494 e. The maximum absolute atomic E-state index is 13.0. The Morgan fingerprint density at radius 3 is 2.94 bits per heavy atom. The van der Waals surface area contributed by atoms with E-state index in [4.69, 9.17) is 9.84 Å². The number of hydrogen-bond donors (Lipinski definition) is 1. The van der Waals surface area contributed by atoms with Crippen molar-refractivity contribution in [3.8, 4) is 5.75 Å². The van der Waals surface area contributed by atoms with Gasteiger partial charge in [0, 0.05) is 6.42 Å². The summed E-state index contributed by atoms with van der Waals surface area (Å²) in [5.74, 6) is -1.06. The minimum Gasteiger partial charge on any atom is -0.494 e. The van der Waals surface area contributed by atoms with Crippen LogP contribution >= 0.6 is 0 Å². The molecule has 0 aromatic heterocycles. The maximum Gasteiger partial charge on any atom is 0.303 e. The van der Waals surface area contributed by atoms with Crippen molar-refractivity contribution in [1.29, 1.82) is 0 Å². The number of ether oxygens (including phenoxy) is 1. The van der Waals surface area contributed by atoms with E-state index in [9.17, 15) is 9.18 Å². The molecule has 0 saturated carbocycles. The standard InChI is InChI=1S/C12H13FO3/c1-16-11-8-9(6-7-10(11)13)4-2-3-5-12(14)15/h2,4,6-8H,3,5H2,1H3,(H,14,15). The third kappa shape index (κ3) is 3.73. The second kappa shape index (κ2) is 5.90. The van der Waals surface area contributed by atoms with Gasteiger partial charge in [0.15, 0.2) is 11.6 Å². The summed E-state index contributed by atoms with van der Waals surface area (Å²) in [5.41, 5.74) is 0.781. The van der Waals surface area contributed by atoms with E-state index < -0.39 is 11.8 Å². The molecule has 0 radical (unpaired) electrons. The average molecular weight is 224 g/mol. The molecule has 1 rings (SSSR count). The Morgan fingerprint density at radius 2 is 2.31 bits per heavy atom. The summed E-state index contributed by atoms with van der Waals surface area (Å²) in [6.07, 6.45) is 4.02. The molecule has 1 aromatic rings. The van der Waals surface area contributed by atoms with Crippen molar-refractivity contribution in [3.05, 3.63) is 35.7 Å². The van der Waals surface area contributed by atoms with Gasteiger partial charge in [-0.15, -0.1) is 0 Å². The van der Waals surface area contributed by atoms with Crippen LogP contribution in [0.25, 0.3) is 6.08 Å². The molecule has 86 valence electrons. The van der Waals surface area contributed by atoms with Gasteiger partial charge in [-0.3, -0.25) is 4.79 Å². The molecule has 0 atom stereocenters. The first-order valence-corrected chi connectivity index (χ1v) is 4.85.